The van der Waals surface area contributed by atoms with Gasteiger partial charge in [0.1, 0.15) is 11.8 Å². The number of nitrogens with zero attached hydrogens (tertiary/aromatic N) is 2. The highest BCUT2D eigenvalue weighted by Crippen LogP contribution is 2.46. The van der Waals surface area contributed by atoms with Gasteiger partial charge >= 0.3 is 0 Å². The van der Waals surface area contributed by atoms with Crippen molar-refractivity contribution in [2.45, 2.75) is 26.2 Å². The van der Waals surface area contributed by atoms with Gasteiger partial charge in [-0.15, -0.1) is 0 Å². The third kappa shape index (κ3) is 1.55. The first-order valence-corrected chi connectivity index (χ1v) is 4.74. The highest BCUT2D eigenvalue weighted by molar-refractivity contribution is 5.99. The predicted molar refractivity (Wildman–Crippen MR) is 52.2 cm³/mol. The molecule has 1 unspecified atom stereocenters. The number of rotatable bonds is 3. The summed E-state index contributed by atoms with van der Waals surface area (Å²) in [5, 5.41) is 8.79. The summed E-state index contributed by atoms with van der Waals surface area (Å²) < 4.78 is 0. The van der Waals surface area contributed by atoms with E-state index in [1.54, 1.807) is 0 Å². The van der Waals surface area contributed by atoms with E-state index in [-0.39, 0.29) is 0 Å². The lowest BCUT2D eigenvalue weighted by Crippen LogP contribution is -1.93. The summed E-state index contributed by atoms with van der Waals surface area (Å²) in [5.41, 5.74) is 3.14. The molecule has 2 heteroatoms. The van der Waals surface area contributed by atoms with E-state index in [2.05, 4.69) is 24.1 Å². The molecule has 0 aliphatic heterocycles. The molecule has 0 N–H and O–H groups in total. The van der Waals surface area contributed by atoms with E-state index in [1.165, 1.54) is 12.0 Å². The maximum atomic E-state index is 8.79. The molecule has 0 radical (unpaired) electrons. The van der Waals surface area contributed by atoms with Gasteiger partial charge in [-0.25, -0.2) is 4.99 Å². The summed E-state index contributed by atoms with van der Waals surface area (Å²) in [6, 6.07) is 2.15. The van der Waals surface area contributed by atoms with E-state index in [0.29, 0.717) is 11.6 Å². The van der Waals surface area contributed by atoms with Crippen LogP contribution in [-0.4, -0.2) is 5.71 Å². The van der Waals surface area contributed by atoms with Gasteiger partial charge in [0.05, 0.1) is 5.70 Å². The van der Waals surface area contributed by atoms with Crippen LogP contribution in [0.15, 0.2) is 28.4 Å². The molecule has 0 saturated heterocycles. The van der Waals surface area contributed by atoms with Crippen molar-refractivity contribution >= 4 is 5.71 Å². The second-order valence-corrected chi connectivity index (χ2v) is 3.50. The summed E-state index contributed by atoms with van der Waals surface area (Å²) in [6.45, 7) is 2.06. The molecular weight excluding hydrogens is 160 g/mol. The Morgan fingerprint density at radius 1 is 1.77 bits per heavy atom. The number of nitriles is 1. The van der Waals surface area contributed by atoms with Crippen LogP contribution in [0.2, 0.25) is 0 Å². The number of hydrogen-bond donors (Lipinski definition) is 0. The molecule has 1 fully saturated rings. The SMILES string of the molecule is CCCC(C#N)=NC1=C2CC2C=C1. The van der Waals surface area contributed by atoms with Crippen LogP contribution in [0.5, 0.6) is 0 Å². The van der Waals surface area contributed by atoms with Crippen LogP contribution in [0.1, 0.15) is 26.2 Å². The van der Waals surface area contributed by atoms with Crippen molar-refractivity contribution in [1.82, 2.24) is 0 Å². The Kier molecular flexibility index (Phi) is 2.02. The second-order valence-electron chi connectivity index (χ2n) is 3.50. The maximum Gasteiger partial charge on any atom is 0.118 e. The first-order valence-electron chi connectivity index (χ1n) is 4.74. The Balaban J connectivity index is 2.15. The lowest BCUT2D eigenvalue weighted by molar-refractivity contribution is 0.994. The van der Waals surface area contributed by atoms with E-state index in [4.69, 9.17) is 5.26 Å². The van der Waals surface area contributed by atoms with Gasteiger partial charge in [0, 0.05) is 5.92 Å². The fourth-order valence-corrected chi connectivity index (χ4v) is 1.60. The molecule has 13 heavy (non-hydrogen) atoms. The average molecular weight is 172 g/mol. The zero-order chi connectivity index (χ0) is 9.26. The zero-order valence-electron chi connectivity index (χ0n) is 7.75. The molecule has 0 aromatic rings. The Morgan fingerprint density at radius 3 is 3.08 bits per heavy atom. The minimum atomic E-state index is 0.667. The number of hydrogen-bond acceptors (Lipinski definition) is 2. The molecule has 2 nitrogen and oxygen atoms in total. The quantitative estimate of drug-likeness (QED) is 0.603. The Hall–Kier alpha value is -1.36. The van der Waals surface area contributed by atoms with E-state index in [9.17, 15) is 0 Å². The molecule has 0 heterocycles. The highest BCUT2D eigenvalue weighted by Gasteiger charge is 2.33. The van der Waals surface area contributed by atoms with Gasteiger partial charge in [-0.2, -0.15) is 5.26 Å². The van der Waals surface area contributed by atoms with Crippen molar-refractivity contribution in [3.05, 3.63) is 23.4 Å². The molecule has 0 aromatic carbocycles. The fourth-order valence-electron chi connectivity index (χ4n) is 1.60. The smallest absolute Gasteiger partial charge is 0.118 e. The van der Waals surface area contributed by atoms with Gasteiger partial charge in [-0.1, -0.05) is 13.0 Å². The second kappa shape index (κ2) is 3.18. The van der Waals surface area contributed by atoms with E-state index in [1.807, 2.05) is 6.08 Å². The third-order valence-corrected chi connectivity index (χ3v) is 2.41. The minimum absolute atomic E-state index is 0.667. The molecule has 2 rings (SSSR count). The molecule has 2 aliphatic rings. The lowest BCUT2D eigenvalue weighted by atomic mass is 10.2. The third-order valence-electron chi connectivity index (χ3n) is 2.41. The van der Waals surface area contributed by atoms with Crippen molar-refractivity contribution in [2.24, 2.45) is 10.9 Å². The summed E-state index contributed by atoms with van der Waals surface area (Å²) in [7, 11) is 0. The van der Waals surface area contributed by atoms with Gasteiger partial charge in [-0.05, 0) is 30.9 Å². The van der Waals surface area contributed by atoms with Crippen molar-refractivity contribution in [1.29, 1.82) is 5.26 Å². The van der Waals surface area contributed by atoms with Crippen LogP contribution in [0, 0.1) is 17.2 Å². The Bertz CT molecular complexity index is 353. The molecule has 1 atom stereocenters. The molecule has 0 aromatic heterocycles. The van der Waals surface area contributed by atoms with E-state index in [0.717, 1.165) is 18.5 Å². The van der Waals surface area contributed by atoms with Gasteiger partial charge in [0.15, 0.2) is 0 Å². The molecule has 0 spiro atoms. The van der Waals surface area contributed by atoms with Crippen LogP contribution < -0.4 is 0 Å². The lowest BCUT2D eigenvalue weighted by Gasteiger charge is -1.94. The first-order chi connectivity index (χ1) is 6.35. The fraction of sp³-hybridized carbons (Fsp3) is 0.455. The van der Waals surface area contributed by atoms with E-state index >= 15 is 0 Å². The highest BCUT2D eigenvalue weighted by atomic mass is 14.8. The summed E-state index contributed by atoms with van der Waals surface area (Å²) in [6.07, 6.45) is 7.17. The van der Waals surface area contributed by atoms with Gasteiger partial charge in [0.2, 0.25) is 0 Å². The average Bonchev–Trinajstić information content (AvgIpc) is 2.83. The molecule has 1 saturated carbocycles. The summed E-state index contributed by atoms with van der Waals surface area (Å²) in [5.74, 6) is 0.667. The number of aliphatic imine (C=N–C) groups is 1. The van der Waals surface area contributed by atoms with E-state index < -0.39 is 0 Å². The molecular formula is C11H12N2. The summed E-state index contributed by atoms with van der Waals surface area (Å²) >= 11 is 0. The van der Waals surface area contributed by atoms with Crippen LogP contribution in [-0.2, 0) is 0 Å². The monoisotopic (exact) mass is 172 g/mol. The van der Waals surface area contributed by atoms with Crippen LogP contribution >= 0.6 is 0 Å². The van der Waals surface area contributed by atoms with Crippen molar-refractivity contribution < 1.29 is 0 Å². The molecule has 0 amide bonds. The first kappa shape index (κ1) is 8.25. The largest absolute Gasteiger partial charge is 0.242 e. The van der Waals surface area contributed by atoms with Gasteiger partial charge in [-0.3, -0.25) is 0 Å². The number of allylic oxidation sites excluding steroid dienone is 3. The van der Waals surface area contributed by atoms with Crippen molar-refractivity contribution in [3.63, 3.8) is 0 Å². The van der Waals surface area contributed by atoms with Crippen LogP contribution in [0.4, 0.5) is 0 Å². The molecule has 0 bridgehead atoms. The molecule has 66 valence electrons. The zero-order valence-corrected chi connectivity index (χ0v) is 7.75. The Morgan fingerprint density at radius 2 is 2.62 bits per heavy atom. The number of fused-ring (bicyclic) bond motifs is 1. The van der Waals surface area contributed by atoms with Crippen molar-refractivity contribution in [2.75, 3.05) is 0 Å². The topological polar surface area (TPSA) is 36.1 Å². The minimum Gasteiger partial charge on any atom is -0.242 e. The predicted octanol–water partition coefficient (Wildman–Crippen LogP) is 2.59. The van der Waals surface area contributed by atoms with Crippen molar-refractivity contribution in [3.8, 4) is 6.07 Å². The normalized spacial score (nSPS) is 24.6. The van der Waals surface area contributed by atoms with Gasteiger partial charge in [0.25, 0.3) is 0 Å². The summed E-state index contributed by atoms with van der Waals surface area (Å²) in [4.78, 5) is 4.35. The standard InChI is InChI=1S/C11H12N2/c1-2-3-9(7-12)13-11-5-4-8-6-10(8)11/h4-5,8H,2-3,6H2,1H3. The van der Waals surface area contributed by atoms with Crippen LogP contribution in [0.3, 0.4) is 0 Å². The van der Waals surface area contributed by atoms with Gasteiger partial charge < -0.3 is 0 Å². The maximum absolute atomic E-state index is 8.79. The van der Waals surface area contributed by atoms with Crippen LogP contribution in [0.25, 0.3) is 0 Å². The Labute approximate surface area is 78.3 Å². The molecule has 2 aliphatic carbocycles.